The molecule has 0 saturated carbocycles. The van der Waals surface area contributed by atoms with E-state index in [1.807, 2.05) is 0 Å². The van der Waals surface area contributed by atoms with Gasteiger partial charge in [-0.15, -0.1) is 0 Å². The molecule has 1 amide bonds. The molecule has 6 nitrogen and oxygen atoms in total. The van der Waals surface area contributed by atoms with Gasteiger partial charge < -0.3 is 14.8 Å². The van der Waals surface area contributed by atoms with Crippen LogP contribution in [0.3, 0.4) is 0 Å². The number of rotatable bonds is 3. The highest BCUT2D eigenvalue weighted by Gasteiger charge is 2.13. The molecule has 128 valence electrons. The molecule has 0 bridgehead atoms. The number of nitrogens with one attached hydrogen (secondary N) is 2. The number of anilines is 1. The highest BCUT2D eigenvalue weighted by Crippen LogP contribution is 2.30. The molecule has 3 N–H and O–H groups in total. The lowest BCUT2D eigenvalue weighted by atomic mass is 10.1. The first-order valence-electron chi connectivity index (χ1n) is 7.58. The number of aromatic amines is 1. The van der Waals surface area contributed by atoms with Gasteiger partial charge in [-0.2, -0.15) is 0 Å². The summed E-state index contributed by atoms with van der Waals surface area (Å²) >= 11 is 0. The largest absolute Gasteiger partial charge is 0.508 e. The van der Waals surface area contributed by atoms with Gasteiger partial charge in [0.15, 0.2) is 5.43 Å². The number of hydrogen-bond donors (Lipinski definition) is 3. The third-order valence-electron chi connectivity index (χ3n) is 3.61. The number of phenolic OH excluding ortho intramolecular Hbond substituents is 1. The average Bonchev–Trinajstić information content (AvgIpc) is 2.54. The number of benzene rings is 2. The zero-order valence-electron chi connectivity index (χ0n) is 13.3. The van der Waals surface area contributed by atoms with Crippen LogP contribution in [-0.4, -0.2) is 22.8 Å². The van der Waals surface area contributed by atoms with Crippen molar-refractivity contribution in [3.05, 3.63) is 58.5 Å². The molecule has 0 spiro atoms. The number of hydrogen-bond acceptors (Lipinski definition) is 4. The van der Waals surface area contributed by atoms with Crippen molar-refractivity contribution in [1.29, 1.82) is 0 Å². The van der Waals surface area contributed by atoms with Crippen molar-refractivity contribution in [3.8, 4) is 17.0 Å². The van der Waals surface area contributed by atoms with E-state index >= 15 is 0 Å². The SMILES string of the molecule is CCOC(=O)Nc1cc(O)ccc1-c1cc(=O)c2c(F)cccc2[nH]1. The molecule has 1 aromatic heterocycles. The summed E-state index contributed by atoms with van der Waals surface area (Å²) in [7, 11) is 0. The van der Waals surface area contributed by atoms with Gasteiger partial charge in [0, 0.05) is 17.7 Å². The number of phenols is 1. The van der Waals surface area contributed by atoms with Crippen molar-refractivity contribution in [1.82, 2.24) is 4.98 Å². The molecule has 0 saturated heterocycles. The Balaban J connectivity index is 2.15. The molecular formula is C18H15FN2O4. The molecule has 1 heterocycles. The van der Waals surface area contributed by atoms with Crippen LogP contribution in [0.2, 0.25) is 0 Å². The van der Waals surface area contributed by atoms with Crippen LogP contribution in [0.1, 0.15) is 6.92 Å². The van der Waals surface area contributed by atoms with Gasteiger partial charge in [0.2, 0.25) is 0 Å². The average molecular weight is 342 g/mol. The summed E-state index contributed by atoms with van der Waals surface area (Å²) in [6.07, 6.45) is -0.691. The zero-order valence-corrected chi connectivity index (χ0v) is 13.3. The second kappa shape index (κ2) is 6.64. The number of ether oxygens (including phenoxy) is 1. The van der Waals surface area contributed by atoms with Crippen LogP contribution in [0.15, 0.2) is 47.3 Å². The fraction of sp³-hybridized carbons (Fsp3) is 0.111. The van der Waals surface area contributed by atoms with Crippen molar-refractivity contribution in [3.63, 3.8) is 0 Å². The molecular weight excluding hydrogens is 327 g/mol. The van der Waals surface area contributed by atoms with Crippen molar-refractivity contribution in [2.24, 2.45) is 0 Å². The standard InChI is InChI=1S/C18H15FN2O4/c1-2-25-18(24)21-14-8-10(22)6-7-11(14)15-9-16(23)17-12(19)4-3-5-13(17)20-15/h3-9,22H,2H2,1H3,(H,20,23)(H,21,24). The van der Waals surface area contributed by atoms with Crippen LogP contribution in [0, 0.1) is 5.82 Å². The van der Waals surface area contributed by atoms with Gasteiger partial charge in [-0.1, -0.05) is 6.07 Å². The number of carbonyl (C=O) groups excluding carboxylic acids is 1. The molecule has 25 heavy (non-hydrogen) atoms. The Bertz CT molecular complexity index is 1010. The Morgan fingerprint density at radius 3 is 2.84 bits per heavy atom. The van der Waals surface area contributed by atoms with Crippen LogP contribution in [-0.2, 0) is 4.74 Å². The molecule has 2 aromatic carbocycles. The highest BCUT2D eigenvalue weighted by atomic mass is 19.1. The number of aromatic hydroxyl groups is 1. The molecule has 0 unspecified atom stereocenters. The Morgan fingerprint density at radius 2 is 2.08 bits per heavy atom. The van der Waals surface area contributed by atoms with E-state index < -0.39 is 17.3 Å². The molecule has 0 aliphatic carbocycles. The van der Waals surface area contributed by atoms with E-state index in [0.29, 0.717) is 16.8 Å². The number of amides is 1. The Kier molecular flexibility index (Phi) is 4.38. The molecule has 0 radical (unpaired) electrons. The minimum absolute atomic E-state index is 0.0371. The molecule has 0 aliphatic rings. The summed E-state index contributed by atoms with van der Waals surface area (Å²) in [5.41, 5.74) is 0.920. The first-order chi connectivity index (χ1) is 12.0. The fourth-order valence-electron chi connectivity index (χ4n) is 2.56. The monoisotopic (exact) mass is 342 g/mol. The minimum atomic E-state index is -0.691. The summed E-state index contributed by atoms with van der Waals surface area (Å²) in [4.78, 5) is 26.9. The van der Waals surface area contributed by atoms with E-state index in [-0.39, 0.29) is 23.4 Å². The smallest absolute Gasteiger partial charge is 0.411 e. The number of halogens is 1. The summed E-state index contributed by atoms with van der Waals surface area (Å²) in [5, 5.41) is 12.2. The number of carbonyl (C=O) groups is 1. The second-order valence-electron chi connectivity index (χ2n) is 5.29. The molecule has 0 fully saturated rings. The maximum Gasteiger partial charge on any atom is 0.411 e. The maximum absolute atomic E-state index is 13.8. The van der Waals surface area contributed by atoms with Crippen molar-refractivity contribution >= 4 is 22.7 Å². The predicted octanol–water partition coefficient (Wildman–Crippen LogP) is 3.61. The first-order valence-corrected chi connectivity index (χ1v) is 7.58. The van der Waals surface area contributed by atoms with E-state index in [2.05, 4.69) is 10.3 Å². The Hall–Kier alpha value is -3.35. The predicted molar refractivity (Wildman–Crippen MR) is 92.3 cm³/mol. The third-order valence-corrected chi connectivity index (χ3v) is 3.61. The third kappa shape index (κ3) is 3.30. The van der Waals surface area contributed by atoms with Crippen molar-refractivity contribution in [2.75, 3.05) is 11.9 Å². The Labute approximate surface area is 141 Å². The van der Waals surface area contributed by atoms with Crippen LogP contribution in [0.25, 0.3) is 22.2 Å². The summed E-state index contributed by atoms with van der Waals surface area (Å²) in [6.45, 7) is 1.85. The van der Waals surface area contributed by atoms with Crippen LogP contribution in [0.5, 0.6) is 5.75 Å². The number of pyridine rings is 1. The topological polar surface area (TPSA) is 91.4 Å². The van der Waals surface area contributed by atoms with Crippen LogP contribution < -0.4 is 10.7 Å². The fourth-order valence-corrected chi connectivity index (χ4v) is 2.56. The van der Waals surface area contributed by atoms with Crippen LogP contribution in [0.4, 0.5) is 14.9 Å². The molecule has 0 aliphatic heterocycles. The number of fused-ring (bicyclic) bond motifs is 1. The van der Waals surface area contributed by atoms with Gasteiger partial charge in [0.25, 0.3) is 0 Å². The van der Waals surface area contributed by atoms with Crippen molar-refractivity contribution < 1.29 is 19.0 Å². The van der Waals surface area contributed by atoms with Gasteiger partial charge >= 0.3 is 6.09 Å². The van der Waals surface area contributed by atoms with Crippen LogP contribution >= 0.6 is 0 Å². The molecule has 3 aromatic rings. The quantitative estimate of drug-likeness (QED) is 0.678. The summed E-state index contributed by atoms with van der Waals surface area (Å²) < 4.78 is 18.7. The number of H-pyrrole nitrogens is 1. The first kappa shape index (κ1) is 16.5. The van der Waals surface area contributed by atoms with E-state index in [0.717, 1.165) is 0 Å². The zero-order chi connectivity index (χ0) is 18.0. The molecule has 7 heteroatoms. The minimum Gasteiger partial charge on any atom is -0.508 e. The van der Waals surface area contributed by atoms with Gasteiger partial charge in [-0.05, 0) is 31.2 Å². The van der Waals surface area contributed by atoms with Gasteiger partial charge in [-0.3, -0.25) is 10.1 Å². The van der Waals surface area contributed by atoms with E-state index in [1.54, 1.807) is 13.0 Å². The van der Waals surface area contributed by atoms with Gasteiger partial charge in [0.05, 0.1) is 28.9 Å². The lowest BCUT2D eigenvalue weighted by Crippen LogP contribution is -2.14. The van der Waals surface area contributed by atoms with Gasteiger partial charge in [0.1, 0.15) is 11.6 Å². The Morgan fingerprint density at radius 1 is 1.28 bits per heavy atom. The lowest BCUT2D eigenvalue weighted by molar-refractivity contribution is 0.168. The maximum atomic E-state index is 13.8. The van der Waals surface area contributed by atoms with E-state index in [4.69, 9.17) is 4.74 Å². The summed E-state index contributed by atoms with van der Waals surface area (Å²) in [6, 6.07) is 9.82. The molecule has 3 rings (SSSR count). The normalized spacial score (nSPS) is 10.6. The highest BCUT2D eigenvalue weighted by molar-refractivity contribution is 5.92. The lowest BCUT2D eigenvalue weighted by Gasteiger charge is -2.12. The summed E-state index contributed by atoms with van der Waals surface area (Å²) in [5.74, 6) is -0.675. The number of aromatic nitrogens is 1. The molecule has 0 atom stereocenters. The van der Waals surface area contributed by atoms with E-state index in [9.17, 15) is 19.1 Å². The second-order valence-corrected chi connectivity index (χ2v) is 5.29. The van der Waals surface area contributed by atoms with Gasteiger partial charge in [-0.25, -0.2) is 9.18 Å². The van der Waals surface area contributed by atoms with E-state index in [1.165, 1.54) is 36.4 Å². The van der Waals surface area contributed by atoms with Crippen molar-refractivity contribution in [2.45, 2.75) is 6.92 Å².